The number of aromatic nitrogens is 2. The molecule has 4 nitrogen and oxygen atoms in total. The van der Waals surface area contributed by atoms with Gasteiger partial charge in [0.2, 0.25) is 0 Å². The van der Waals surface area contributed by atoms with Gasteiger partial charge in [0, 0.05) is 32.2 Å². The molecule has 98 valence electrons. The van der Waals surface area contributed by atoms with Crippen molar-refractivity contribution in [3.8, 4) is 0 Å². The molecule has 1 unspecified atom stereocenters. The predicted molar refractivity (Wildman–Crippen MR) is 73.5 cm³/mol. The van der Waals surface area contributed by atoms with E-state index in [9.17, 15) is 0 Å². The smallest absolute Gasteiger partial charge is 0.131 e. The lowest BCUT2D eigenvalue weighted by Crippen LogP contribution is -2.31. The third-order valence-corrected chi connectivity index (χ3v) is 3.45. The molecule has 0 aliphatic carbocycles. The Labute approximate surface area is 105 Å². The van der Waals surface area contributed by atoms with Crippen LogP contribution in [0.3, 0.4) is 0 Å². The molecule has 0 bridgehead atoms. The van der Waals surface area contributed by atoms with E-state index in [0.717, 1.165) is 25.2 Å². The first kappa shape index (κ1) is 14.0. The third kappa shape index (κ3) is 3.00. The quantitative estimate of drug-likeness (QED) is 0.823. The van der Waals surface area contributed by atoms with E-state index in [0.29, 0.717) is 6.04 Å². The summed E-state index contributed by atoms with van der Waals surface area (Å²) in [5.41, 5.74) is 2.44. The average Bonchev–Trinajstić information content (AvgIpc) is 2.59. The van der Waals surface area contributed by atoms with Crippen molar-refractivity contribution in [1.29, 1.82) is 0 Å². The molecule has 0 saturated carbocycles. The second kappa shape index (κ2) is 6.05. The minimum atomic E-state index is 0.533. The van der Waals surface area contributed by atoms with Crippen LogP contribution in [0.2, 0.25) is 0 Å². The first-order valence-corrected chi connectivity index (χ1v) is 6.48. The molecular formula is C13H26N4. The van der Waals surface area contributed by atoms with Crippen molar-refractivity contribution >= 4 is 5.82 Å². The van der Waals surface area contributed by atoms with Crippen molar-refractivity contribution < 1.29 is 0 Å². The molecule has 1 aromatic heterocycles. The van der Waals surface area contributed by atoms with Gasteiger partial charge in [-0.05, 0) is 26.8 Å². The van der Waals surface area contributed by atoms with Gasteiger partial charge in [-0.1, -0.05) is 13.8 Å². The van der Waals surface area contributed by atoms with E-state index in [1.54, 1.807) is 0 Å². The number of aryl methyl sites for hydroxylation is 2. The molecule has 0 amide bonds. The standard InChI is InChI=1S/C13H26N4/c1-7-10(3)16(5)13-12(9-14-8-2)11(4)15-17(13)6/h10,14H,7-9H2,1-6H3. The zero-order chi connectivity index (χ0) is 13.0. The second-order valence-corrected chi connectivity index (χ2v) is 4.66. The Morgan fingerprint density at radius 1 is 1.41 bits per heavy atom. The van der Waals surface area contributed by atoms with Crippen LogP contribution >= 0.6 is 0 Å². The maximum atomic E-state index is 4.54. The highest BCUT2D eigenvalue weighted by Crippen LogP contribution is 2.24. The lowest BCUT2D eigenvalue weighted by Gasteiger charge is -2.27. The van der Waals surface area contributed by atoms with E-state index < -0.39 is 0 Å². The van der Waals surface area contributed by atoms with Crippen molar-refractivity contribution in [2.24, 2.45) is 7.05 Å². The fraction of sp³-hybridized carbons (Fsp3) is 0.769. The lowest BCUT2D eigenvalue weighted by atomic mass is 10.2. The maximum absolute atomic E-state index is 4.54. The van der Waals surface area contributed by atoms with Gasteiger partial charge in [-0.25, -0.2) is 0 Å². The third-order valence-electron chi connectivity index (χ3n) is 3.45. The monoisotopic (exact) mass is 238 g/mol. The molecule has 1 rings (SSSR count). The molecule has 1 heterocycles. The molecule has 0 aliphatic rings. The number of hydrogen-bond donors (Lipinski definition) is 1. The summed E-state index contributed by atoms with van der Waals surface area (Å²) in [4.78, 5) is 2.33. The normalized spacial score (nSPS) is 12.8. The summed E-state index contributed by atoms with van der Waals surface area (Å²) in [6.45, 7) is 10.6. The molecule has 4 heteroatoms. The van der Waals surface area contributed by atoms with Crippen LogP contribution < -0.4 is 10.2 Å². The van der Waals surface area contributed by atoms with Crippen molar-refractivity contribution in [1.82, 2.24) is 15.1 Å². The van der Waals surface area contributed by atoms with Gasteiger partial charge >= 0.3 is 0 Å². The van der Waals surface area contributed by atoms with Gasteiger partial charge in [-0.2, -0.15) is 5.10 Å². The van der Waals surface area contributed by atoms with Crippen LogP contribution in [-0.2, 0) is 13.6 Å². The fourth-order valence-corrected chi connectivity index (χ4v) is 2.07. The van der Waals surface area contributed by atoms with Crippen LogP contribution in [0.1, 0.15) is 38.4 Å². The molecule has 0 fully saturated rings. The zero-order valence-electron chi connectivity index (χ0n) is 12.0. The van der Waals surface area contributed by atoms with Gasteiger partial charge < -0.3 is 10.2 Å². The van der Waals surface area contributed by atoms with Crippen molar-refractivity contribution in [2.75, 3.05) is 18.5 Å². The Morgan fingerprint density at radius 2 is 2.06 bits per heavy atom. The predicted octanol–water partition coefficient (Wildman–Crippen LogP) is 2.07. The maximum Gasteiger partial charge on any atom is 0.131 e. The van der Waals surface area contributed by atoms with E-state index >= 15 is 0 Å². The van der Waals surface area contributed by atoms with Crippen LogP contribution in [-0.4, -0.2) is 29.4 Å². The number of nitrogens with one attached hydrogen (secondary N) is 1. The lowest BCUT2D eigenvalue weighted by molar-refractivity contribution is 0.624. The summed E-state index contributed by atoms with van der Waals surface area (Å²) in [6, 6.07) is 0.533. The summed E-state index contributed by atoms with van der Waals surface area (Å²) >= 11 is 0. The number of anilines is 1. The highest BCUT2D eigenvalue weighted by atomic mass is 15.4. The SMILES string of the molecule is CCNCc1c(C)nn(C)c1N(C)C(C)CC. The van der Waals surface area contributed by atoms with Crippen LogP contribution in [0.4, 0.5) is 5.82 Å². The minimum Gasteiger partial charge on any atom is -0.357 e. The van der Waals surface area contributed by atoms with Gasteiger partial charge in [0.05, 0.1) is 5.69 Å². The Hall–Kier alpha value is -1.03. The first-order valence-electron chi connectivity index (χ1n) is 6.48. The van der Waals surface area contributed by atoms with Gasteiger partial charge in [0.25, 0.3) is 0 Å². The van der Waals surface area contributed by atoms with Crippen molar-refractivity contribution in [3.05, 3.63) is 11.3 Å². The van der Waals surface area contributed by atoms with Gasteiger partial charge in [-0.15, -0.1) is 0 Å². The number of rotatable bonds is 6. The van der Waals surface area contributed by atoms with E-state index in [-0.39, 0.29) is 0 Å². The summed E-state index contributed by atoms with van der Waals surface area (Å²) in [6.07, 6.45) is 1.14. The Kier molecular flexibility index (Phi) is 5.00. The van der Waals surface area contributed by atoms with E-state index in [4.69, 9.17) is 0 Å². The fourth-order valence-electron chi connectivity index (χ4n) is 2.07. The summed E-state index contributed by atoms with van der Waals surface area (Å²) in [5.74, 6) is 1.23. The van der Waals surface area contributed by atoms with Crippen molar-refractivity contribution in [3.63, 3.8) is 0 Å². The summed E-state index contributed by atoms with van der Waals surface area (Å²) < 4.78 is 1.99. The average molecular weight is 238 g/mol. The van der Waals surface area contributed by atoms with Gasteiger partial charge in [0.1, 0.15) is 5.82 Å². The molecule has 0 aliphatic heterocycles. The number of nitrogens with zero attached hydrogens (tertiary/aromatic N) is 3. The largest absolute Gasteiger partial charge is 0.357 e. The molecular weight excluding hydrogens is 212 g/mol. The molecule has 0 radical (unpaired) electrons. The van der Waals surface area contributed by atoms with E-state index in [1.165, 1.54) is 11.4 Å². The summed E-state index contributed by atoms with van der Waals surface area (Å²) in [7, 11) is 4.18. The second-order valence-electron chi connectivity index (χ2n) is 4.66. The molecule has 0 aromatic carbocycles. The van der Waals surface area contributed by atoms with Crippen LogP contribution in [0.15, 0.2) is 0 Å². The Balaban J connectivity index is 3.03. The molecule has 1 atom stereocenters. The molecule has 0 spiro atoms. The highest BCUT2D eigenvalue weighted by molar-refractivity contribution is 5.50. The summed E-state index contributed by atoms with van der Waals surface area (Å²) in [5, 5.41) is 7.93. The van der Waals surface area contributed by atoms with E-state index in [2.05, 4.69) is 50.1 Å². The molecule has 1 aromatic rings. The van der Waals surface area contributed by atoms with Gasteiger partial charge in [-0.3, -0.25) is 4.68 Å². The number of hydrogen-bond acceptors (Lipinski definition) is 3. The Morgan fingerprint density at radius 3 is 2.59 bits per heavy atom. The van der Waals surface area contributed by atoms with Gasteiger partial charge in [0.15, 0.2) is 0 Å². The van der Waals surface area contributed by atoms with Crippen molar-refractivity contribution in [2.45, 2.75) is 46.7 Å². The van der Waals surface area contributed by atoms with Crippen LogP contribution in [0.25, 0.3) is 0 Å². The topological polar surface area (TPSA) is 33.1 Å². The highest BCUT2D eigenvalue weighted by Gasteiger charge is 2.19. The van der Waals surface area contributed by atoms with Crippen LogP contribution in [0, 0.1) is 6.92 Å². The van der Waals surface area contributed by atoms with Crippen LogP contribution in [0.5, 0.6) is 0 Å². The molecule has 0 saturated heterocycles. The molecule has 1 N–H and O–H groups in total. The first-order chi connectivity index (χ1) is 8.02. The Bertz CT molecular complexity index is 357. The van der Waals surface area contributed by atoms with E-state index in [1.807, 2.05) is 11.7 Å². The zero-order valence-corrected chi connectivity index (χ0v) is 12.0. The minimum absolute atomic E-state index is 0.533. The molecule has 17 heavy (non-hydrogen) atoms.